The van der Waals surface area contributed by atoms with Crippen LogP contribution in [0, 0.1) is 5.82 Å². The van der Waals surface area contributed by atoms with Crippen molar-refractivity contribution in [2.75, 3.05) is 11.9 Å². The molecule has 0 radical (unpaired) electrons. The Morgan fingerprint density at radius 3 is 2.23 bits per heavy atom. The highest BCUT2D eigenvalue weighted by atomic mass is 19.1. The summed E-state index contributed by atoms with van der Waals surface area (Å²) in [6.45, 7) is 0.725. The summed E-state index contributed by atoms with van der Waals surface area (Å²) < 4.78 is 15.5. The Labute approximate surface area is 180 Å². The summed E-state index contributed by atoms with van der Waals surface area (Å²) in [5.74, 6) is 0.593. The summed E-state index contributed by atoms with van der Waals surface area (Å²) in [6.07, 6.45) is 3.65. The number of anilines is 1. The molecule has 152 valence electrons. The van der Waals surface area contributed by atoms with E-state index < -0.39 is 0 Å². The second kappa shape index (κ2) is 8.03. The van der Waals surface area contributed by atoms with E-state index in [2.05, 4.69) is 45.3 Å². The number of halogens is 1. The average molecular weight is 408 g/mol. The van der Waals surface area contributed by atoms with Gasteiger partial charge in [-0.3, -0.25) is 0 Å². The fourth-order valence-corrected chi connectivity index (χ4v) is 3.90. The highest BCUT2D eigenvalue weighted by Gasteiger charge is 2.19. The van der Waals surface area contributed by atoms with Crippen LogP contribution in [0.4, 0.5) is 10.2 Å². The quantitative estimate of drug-likeness (QED) is 0.365. The molecule has 0 N–H and O–H groups in total. The van der Waals surface area contributed by atoms with Crippen LogP contribution in [0.1, 0.15) is 5.56 Å². The lowest BCUT2D eigenvalue weighted by Crippen LogP contribution is -2.18. The Balaban J connectivity index is 1.71. The van der Waals surface area contributed by atoms with Gasteiger partial charge in [-0.05, 0) is 35.4 Å². The lowest BCUT2D eigenvalue weighted by molar-refractivity contribution is 0.627. The van der Waals surface area contributed by atoms with Crippen LogP contribution >= 0.6 is 0 Å². The van der Waals surface area contributed by atoms with E-state index in [4.69, 9.17) is 0 Å². The van der Waals surface area contributed by atoms with E-state index in [1.54, 1.807) is 18.5 Å². The van der Waals surface area contributed by atoms with E-state index in [9.17, 15) is 4.39 Å². The number of nitrogens with zero attached hydrogens (tertiary/aromatic N) is 4. The summed E-state index contributed by atoms with van der Waals surface area (Å²) in [6, 6.07) is 27.0. The molecule has 0 saturated carbocycles. The van der Waals surface area contributed by atoms with Gasteiger partial charge in [-0.25, -0.2) is 14.4 Å². The molecule has 0 spiro atoms. The van der Waals surface area contributed by atoms with Gasteiger partial charge in [0.15, 0.2) is 5.65 Å². The molecule has 2 aromatic heterocycles. The van der Waals surface area contributed by atoms with Crippen molar-refractivity contribution in [1.82, 2.24) is 14.5 Å². The first kappa shape index (κ1) is 19.0. The van der Waals surface area contributed by atoms with Crippen LogP contribution < -0.4 is 4.90 Å². The molecule has 0 aliphatic carbocycles. The van der Waals surface area contributed by atoms with E-state index in [1.807, 2.05) is 48.0 Å². The van der Waals surface area contributed by atoms with Gasteiger partial charge in [-0.2, -0.15) is 0 Å². The number of hydrogen-bond donors (Lipinski definition) is 0. The third-order valence-corrected chi connectivity index (χ3v) is 5.38. The zero-order valence-corrected chi connectivity index (χ0v) is 17.1. The van der Waals surface area contributed by atoms with Crippen molar-refractivity contribution in [3.8, 4) is 16.8 Å². The highest BCUT2D eigenvalue weighted by Crippen LogP contribution is 2.36. The number of aromatic nitrogens is 3. The standard InChI is InChI=1S/C26H21FN4/c1-30(16-19-8-4-2-5-9-19)25-24-23(20-10-6-3-7-11-20)17-31(26(24)29-18-28-25)22-14-12-21(27)13-15-22/h2-15,17-18H,16H2,1H3. The molecule has 0 atom stereocenters. The van der Waals surface area contributed by atoms with Gasteiger partial charge in [-0.1, -0.05) is 60.7 Å². The predicted octanol–water partition coefficient (Wildman–Crippen LogP) is 5.86. The second-order valence-electron chi connectivity index (χ2n) is 7.49. The minimum absolute atomic E-state index is 0.263. The van der Waals surface area contributed by atoms with Gasteiger partial charge < -0.3 is 9.47 Å². The van der Waals surface area contributed by atoms with Gasteiger partial charge in [0.25, 0.3) is 0 Å². The van der Waals surface area contributed by atoms with Crippen molar-refractivity contribution in [2.45, 2.75) is 6.54 Å². The van der Waals surface area contributed by atoms with Gasteiger partial charge in [-0.15, -0.1) is 0 Å². The Morgan fingerprint density at radius 1 is 0.839 bits per heavy atom. The van der Waals surface area contributed by atoms with Gasteiger partial charge in [0, 0.05) is 31.0 Å². The minimum Gasteiger partial charge on any atom is -0.355 e. The lowest BCUT2D eigenvalue weighted by atomic mass is 10.1. The zero-order valence-electron chi connectivity index (χ0n) is 17.1. The molecule has 5 aromatic rings. The minimum atomic E-state index is -0.263. The van der Waals surface area contributed by atoms with Crippen LogP contribution in [-0.4, -0.2) is 21.6 Å². The first-order valence-electron chi connectivity index (χ1n) is 10.1. The molecular formula is C26H21FN4. The molecule has 31 heavy (non-hydrogen) atoms. The van der Waals surface area contributed by atoms with E-state index in [1.165, 1.54) is 17.7 Å². The molecule has 0 fully saturated rings. The molecule has 0 aliphatic heterocycles. The van der Waals surface area contributed by atoms with Crippen molar-refractivity contribution >= 4 is 16.9 Å². The summed E-state index contributed by atoms with van der Waals surface area (Å²) in [4.78, 5) is 11.4. The van der Waals surface area contributed by atoms with Crippen LogP contribution in [0.3, 0.4) is 0 Å². The summed E-state index contributed by atoms with van der Waals surface area (Å²) >= 11 is 0. The maximum atomic E-state index is 13.5. The van der Waals surface area contributed by atoms with E-state index in [-0.39, 0.29) is 5.82 Å². The normalized spacial score (nSPS) is 11.0. The Bertz CT molecular complexity index is 1310. The average Bonchev–Trinajstić information content (AvgIpc) is 3.21. The van der Waals surface area contributed by atoms with Crippen molar-refractivity contribution in [3.05, 3.63) is 109 Å². The molecule has 3 aromatic carbocycles. The predicted molar refractivity (Wildman–Crippen MR) is 123 cm³/mol. The lowest BCUT2D eigenvalue weighted by Gasteiger charge is -2.19. The number of benzene rings is 3. The third-order valence-electron chi connectivity index (χ3n) is 5.38. The molecule has 0 unspecified atom stereocenters. The molecule has 5 rings (SSSR count). The summed E-state index contributed by atoms with van der Waals surface area (Å²) in [7, 11) is 2.04. The van der Waals surface area contributed by atoms with Crippen LogP contribution in [0.5, 0.6) is 0 Å². The van der Waals surface area contributed by atoms with Crippen LogP contribution in [0.15, 0.2) is 97.5 Å². The first-order chi connectivity index (χ1) is 15.2. The molecule has 5 heteroatoms. The largest absolute Gasteiger partial charge is 0.355 e. The summed E-state index contributed by atoms with van der Waals surface area (Å²) in [5, 5.41) is 0.969. The molecule has 4 nitrogen and oxygen atoms in total. The highest BCUT2D eigenvalue weighted by molar-refractivity contribution is 6.02. The van der Waals surface area contributed by atoms with Crippen molar-refractivity contribution in [1.29, 1.82) is 0 Å². The Hall–Kier alpha value is -3.99. The van der Waals surface area contributed by atoms with Crippen LogP contribution in [0.25, 0.3) is 27.8 Å². The monoisotopic (exact) mass is 408 g/mol. The third kappa shape index (κ3) is 3.66. The molecule has 0 amide bonds. The Kier molecular flexibility index (Phi) is 4.92. The number of rotatable bonds is 5. The Morgan fingerprint density at radius 2 is 1.52 bits per heavy atom. The zero-order chi connectivity index (χ0) is 21.2. The molecular weight excluding hydrogens is 387 g/mol. The maximum absolute atomic E-state index is 13.5. The van der Waals surface area contributed by atoms with Crippen molar-refractivity contribution < 1.29 is 4.39 Å². The SMILES string of the molecule is CN(Cc1ccccc1)c1ncnc2c1c(-c1ccccc1)cn2-c1ccc(F)cc1. The maximum Gasteiger partial charge on any atom is 0.150 e. The fraction of sp³-hybridized carbons (Fsp3) is 0.0769. The number of fused-ring (bicyclic) bond motifs is 1. The number of hydrogen-bond acceptors (Lipinski definition) is 3. The molecule has 0 bridgehead atoms. The van der Waals surface area contributed by atoms with Gasteiger partial charge in [0.1, 0.15) is 18.0 Å². The van der Waals surface area contributed by atoms with Gasteiger partial charge in [0.05, 0.1) is 5.39 Å². The second-order valence-corrected chi connectivity index (χ2v) is 7.49. The topological polar surface area (TPSA) is 34.0 Å². The van der Waals surface area contributed by atoms with Crippen LogP contribution in [0.2, 0.25) is 0 Å². The first-order valence-corrected chi connectivity index (χ1v) is 10.1. The fourth-order valence-electron chi connectivity index (χ4n) is 3.90. The van der Waals surface area contributed by atoms with E-state index >= 15 is 0 Å². The summed E-state index contributed by atoms with van der Waals surface area (Å²) in [5.41, 5.74) is 4.96. The molecule has 2 heterocycles. The van der Waals surface area contributed by atoms with Gasteiger partial charge in [0.2, 0.25) is 0 Å². The van der Waals surface area contributed by atoms with Crippen molar-refractivity contribution in [2.24, 2.45) is 0 Å². The van der Waals surface area contributed by atoms with E-state index in [0.29, 0.717) is 0 Å². The van der Waals surface area contributed by atoms with Crippen molar-refractivity contribution in [3.63, 3.8) is 0 Å². The smallest absolute Gasteiger partial charge is 0.150 e. The molecule has 0 aliphatic rings. The van der Waals surface area contributed by atoms with Gasteiger partial charge >= 0.3 is 0 Å². The van der Waals surface area contributed by atoms with E-state index in [0.717, 1.165) is 40.2 Å². The van der Waals surface area contributed by atoms with Crippen LogP contribution in [-0.2, 0) is 6.54 Å². The molecule has 0 saturated heterocycles.